The van der Waals surface area contributed by atoms with Gasteiger partial charge in [0.1, 0.15) is 5.54 Å². The van der Waals surface area contributed by atoms with Gasteiger partial charge in [0.15, 0.2) is 0 Å². The molecular formula is C6H15NO4. The molecule has 0 aromatic rings. The van der Waals surface area contributed by atoms with Crippen molar-refractivity contribution in [2.45, 2.75) is 12.5 Å². The molecule has 0 aliphatic carbocycles. The normalized spacial score (nSPS) is 12.0. The van der Waals surface area contributed by atoms with Crippen LogP contribution < -0.4 is 5.48 Å². The minimum atomic E-state index is -1.13. The maximum Gasteiger partial charge on any atom is 0.112 e. The van der Waals surface area contributed by atoms with Crippen LogP contribution in [-0.4, -0.2) is 47.3 Å². The Morgan fingerprint density at radius 2 is 1.64 bits per heavy atom. The second kappa shape index (κ2) is 5.45. The van der Waals surface area contributed by atoms with Crippen LogP contribution in [0.3, 0.4) is 0 Å². The van der Waals surface area contributed by atoms with Gasteiger partial charge in [-0.25, -0.2) is 0 Å². The van der Waals surface area contributed by atoms with Crippen LogP contribution in [0.4, 0.5) is 0 Å². The molecule has 0 saturated carbocycles. The van der Waals surface area contributed by atoms with Gasteiger partial charge in [-0.2, -0.15) is 5.48 Å². The van der Waals surface area contributed by atoms with Crippen molar-refractivity contribution < 1.29 is 20.2 Å². The van der Waals surface area contributed by atoms with E-state index >= 15 is 0 Å². The number of aliphatic hydroxyl groups is 3. The first-order valence-corrected chi connectivity index (χ1v) is 3.46. The molecule has 4 N–H and O–H groups in total. The summed E-state index contributed by atoms with van der Waals surface area (Å²) in [5.41, 5.74) is 1.25. The lowest BCUT2D eigenvalue weighted by atomic mass is 10.1. The van der Waals surface area contributed by atoms with E-state index in [2.05, 4.69) is 5.48 Å². The second-order valence-corrected chi connectivity index (χ2v) is 2.29. The molecule has 5 heteroatoms. The van der Waals surface area contributed by atoms with Gasteiger partial charge in [-0.15, -0.1) is 0 Å². The van der Waals surface area contributed by atoms with Crippen molar-refractivity contribution >= 4 is 0 Å². The molecule has 11 heavy (non-hydrogen) atoms. The van der Waals surface area contributed by atoms with Gasteiger partial charge < -0.3 is 20.2 Å². The highest BCUT2D eigenvalue weighted by Gasteiger charge is 2.27. The molecule has 0 aliphatic rings. The Morgan fingerprint density at radius 1 is 1.18 bits per heavy atom. The Balaban J connectivity index is 3.84. The summed E-state index contributed by atoms with van der Waals surface area (Å²) in [6, 6.07) is 0. The maximum absolute atomic E-state index is 8.74. The highest BCUT2D eigenvalue weighted by molar-refractivity contribution is 4.82. The summed E-state index contributed by atoms with van der Waals surface area (Å²) in [5, 5.41) is 26.2. The van der Waals surface area contributed by atoms with E-state index in [1.54, 1.807) is 6.92 Å². The van der Waals surface area contributed by atoms with E-state index in [0.717, 1.165) is 0 Å². The Bertz CT molecular complexity index is 86.3. The molecule has 0 aliphatic heterocycles. The minimum absolute atomic E-state index is 0.375. The number of hydroxylamine groups is 1. The summed E-state index contributed by atoms with van der Waals surface area (Å²) < 4.78 is 0. The third-order valence-electron chi connectivity index (χ3n) is 1.34. The zero-order valence-corrected chi connectivity index (χ0v) is 6.58. The van der Waals surface area contributed by atoms with Gasteiger partial charge in [-0.3, -0.25) is 0 Å². The molecule has 5 nitrogen and oxygen atoms in total. The lowest BCUT2D eigenvalue weighted by Crippen LogP contribution is -2.54. The van der Waals surface area contributed by atoms with Crippen molar-refractivity contribution in [3.63, 3.8) is 0 Å². The topological polar surface area (TPSA) is 82.0 Å². The predicted octanol–water partition coefficient (Wildman–Crippen LogP) is -1.76. The van der Waals surface area contributed by atoms with Crippen molar-refractivity contribution in [2.75, 3.05) is 26.4 Å². The third kappa shape index (κ3) is 3.13. The first kappa shape index (κ1) is 10.8. The summed E-state index contributed by atoms with van der Waals surface area (Å²) in [6.45, 7) is 1.03. The summed E-state index contributed by atoms with van der Waals surface area (Å²) in [4.78, 5) is 4.74. The molecule has 0 aromatic heterocycles. The maximum atomic E-state index is 8.74. The van der Waals surface area contributed by atoms with Gasteiger partial charge in [0.05, 0.1) is 26.4 Å². The molecule has 68 valence electrons. The fourth-order valence-electron chi connectivity index (χ4n) is 0.472. The van der Waals surface area contributed by atoms with E-state index in [9.17, 15) is 0 Å². The summed E-state index contributed by atoms with van der Waals surface area (Å²) in [6.07, 6.45) is 0. The van der Waals surface area contributed by atoms with Crippen molar-refractivity contribution in [2.24, 2.45) is 0 Å². The molecule has 0 aromatic carbocycles. The molecule has 0 bridgehead atoms. The van der Waals surface area contributed by atoms with Crippen LogP contribution in [0.1, 0.15) is 6.92 Å². The zero-order chi connectivity index (χ0) is 8.74. The number of aliphatic hydroxyl groups excluding tert-OH is 3. The van der Waals surface area contributed by atoms with Crippen LogP contribution in [-0.2, 0) is 4.84 Å². The fourth-order valence-corrected chi connectivity index (χ4v) is 0.472. The Labute approximate surface area is 65.6 Å². The molecular weight excluding hydrogens is 150 g/mol. The number of hydrogen-bond acceptors (Lipinski definition) is 5. The number of hydrogen-bond donors (Lipinski definition) is 4. The first-order valence-electron chi connectivity index (χ1n) is 3.46. The Hall–Kier alpha value is -0.200. The Kier molecular flexibility index (Phi) is 5.35. The van der Waals surface area contributed by atoms with Gasteiger partial charge in [0.2, 0.25) is 0 Å². The van der Waals surface area contributed by atoms with Gasteiger partial charge in [-0.1, -0.05) is 0 Å². The summed E-state index contributed by atoms with van der Waals surface area (Å²) in [5.74, 6) is 0. The minimum Gasteiger partial charge on any atom is -0.394 e. The van der Waals surface area contributed by atoms with E-state index in [0.29, 0.717) is 6.61 Å². The fraction of sp³-hybridized carbons (Fsp3) is 1.00. The Morgan fingerprint density at radius 3 is 1.91 bits per heavy atom. The van der Waals surface area contributed by atoms with Crippen LogP contribution in [0.25, 0.3) is 0 Å². The molecule has 0 rings (SSSR count). The molecule has 0 radical (unpaired) electrons. The van der Waals surface area contributed by atoms with Crippen molar-refractivity contribution in [3.8, 4) is 0 Å². The van der Waals surface area contributed by atoms with E-state index < -0.39 is 5.54 Å². The molecule has 0 heterocycles. The molecule has 0 unspecified atom stereocenters. The standard InChI is InChI=1S/C6H15NO4/c1-2-11-7-6(3-8,4-9)5-10/h7-10H,2-5H2,1H3. The highest BCUT2D eigenvalue weighted by Crippen LogP contribution is 2.00. The monoisotopic (exact) mass is 165 g/mol. The van der Waals surface area contributed by atoms with Gasteiger partial charge >= 0.3 is 0 Å². The van der Waals surface area contributed by atoms with Gasteiger partial charge in [0, 0.05) is 0 Å². The zero-order valence-electron chi connectivity index (χ0n) is 6.58. The lowest BCUT2D eigenvalue weighted by molar-refractivity contribution is -0.0791. The predicted molar refractivity (Wildman–Crippen MR) is 38.8 cm³/mol. The van der Waals surface area contributed by atoms with Crippen LogP contribution in [0.2, 0.25) is 0 Å². The molecule has 0 fully saturated rings. The lowest BCUT2D eigenvalue weighted by Gasteiger charge is -2.27. The molecule has 0 amide bonds. The van der Waals surface area contributed by atoms with E-state index in [4.69, 9.17) is 20.2 Å². The molecule has 0 spiro atoms. The third-order valence-corrected chi connectivity index (χ3v) is 1.34. The van der Waals surface area contributed by atoms with Crippen molar-refractivity contribution in [3.05, 3.63) is 0 Å². The average Bonchev–Trinajstić information content (AvgIpc) is 2.08. The van der Waals surface area contributed by atoms with Gasteiger partial charge in [0.25, 0.3) is 0 Å². The van der Waals surface area contributed by atoms with Crippen LogP contribution in [0.5, 0.6) is 0 Å². The van der Waals surface area contributed by atoms with Crippen LogP contribution in [0, 0.1) is 0 Å². The molecule has 0 saturated heterocycles. The van der Waals surface area contributed by atoms with Gasteiger partial charge in [-0.05, 0) is 6.92 Å². The van der Waals surface area contributed by atoms with E-state index in [1.165, 1.54) is 0 Å². The second-order valence-electron chi connectivity index (χ2n) is 2.29. The van der Waals surface area contributed by atoms with Crippen LogP contribution in [0.15, 0.2) is 0 Å². The number of nitrogens with one attached hydrogen (secondary N) is 1. The van der Waals surface area contributed by atoms with Crippen molar-refractivity contribution in [1.29, 1.82) is 0 Å². The first-order chi connectivity index (χ1) is 5.24. The van der Waals surface area contributed by atoms with Crippen molar-refractivity contribution in [1.82, 2.24) is 5.48 Å². The largest absolute Gasteiger partial charge is 0.394 e. The van der Waals surface area contributed by atoms with E-state index in [1.807, 2.05) is 0 Å². The quantitative estimate of drug-likeness (QED) is 0.351. The van der Waals surface area contributed by atoms with E-state index in [-0.39, 0.29) is 19.8 Å². The average molecular weight is 165 g/mol. The van der Waals surface area contributed by atoms with Crippen LogP contribution >= 0.6 is 0 Å². The number of rotatable bonds is 6. The summed E-state index contributed by atoms with van der Waals surface area (Å²) >= 11 is 0. The highest BCUT2D eigenvalue weighted by atomic mass is 16.6. The molecule has 0 atom stereocenters. The smallest absolute Gasteiger partial charge is 0.112 e. The summed E-state index contributed by atoms with van der Waals surface area (Å²) in [7, 11) is 0. The SMILES string of the molecule is CCONC(CO)(CO)CO.